The number of likely N-dealkylation sites (N-methyl/N-ethyl adjacent to an activating group) is 1. The predicted octanol–water partition coefficient (Wildman–Crippen LogP) is 1.13. The van der Waals surface area contributed by atoms with Crippen LogP contribution in [0.4, 0.5) is 5.13 Å². The number of thiazole rings is 1. The molecule has 7 heteroatoms. The van der Waals surface area contributed by atoms with Gasteiger partial charge in [-0.3, -0.25) is 0 Å². The molecule has 1 saturated heterocycles. The van der Waals surface area contributed by atoms with Crippen molar-refractivity contribution < 1.29 is 14.6 Å². The van der Waals surface area contributed by atoms with Gasteiger partial charge in [0.25, 0.3) is 0 Å². The molecule has 6 nitrogen and oxygen atoms in total. The minimum absolute atomic E-state index is 0.242. The fourth-order valence-corrected chi connectivity index (χ4v) is 3.07. The average molecular weight is 285 g/mol. The highest BCUT2D eigenvalue weighted by Crippen LogP contribution is 2.27. The smallest absolute Gasteiger partial charge is 0.347 e. The first kappa shape index (κ1) is 14.2. The SMILES string of the molecule is COCc1nc(N2CCCN(C)CC2)sc1C(=O)O. The maximum atomic E-state index is 11.2. The molecule has 19 heavy (non-hydrogen) atoms. The van der Waals surface area contributed by atoms with E-state index in [1.165, 1.54) is 11.3 Å². The van der Waals surface area contributed by atoms with E-state index < -0.39 is 5.97 Å². The first-order valence-corrected chi connectivity index (χ1v) is 7.09. The molecule has 1 N–H and O–H groups in total. The van der Waals surface area contributed by atoms with Crippen molar-refractivity contribution in [3.63, 3.8) is 0 Å². The van der Waals surface area contributed by atoms with Crippen molar-refractivity contribution in [2.45, 2.75) is 13.0 Å². The van der Waals surface area contributed by atoms with Crippen molar-refractivity contribution in [1.29, 1.82) is 0 Å². The van der Waals surface area contributed by atoms with Gasteiger partial charge in [0.1, 0.15) is 4.88 Å². The number of rotatable bonds is 4. The van der Waals surface area contributed by atoms with Gasteiger partial charge in [-0.2, -0.15) is 0 Å². The van der Waals surface area contributed by atoms with E-state index >= 15 is 0 Å². The van der Waals surface area contributed by atoms with Gasteiger partial charge in [-0.25, -0.2) is 9.78 Å². The number of aromatic nitrogens is 1. The van der Waals surface area contributed by atoms with Crippen molar-refractivity contribution in [3.05, 3.63) is 10.6 Å². The maximum Gasteiger partial charge on any atom is 0.347 e. The Kier molecular flexibility index (Phi) is 4.73. The van der Waals surface area contributed by atoms with Crippen LogP contribution in [0.25, 0.3) is 0 Å². The molecule has 0 atom stereocenters. The largest absolute Gasteiger partial charge is 0.477 e. The Morgan fingerprint density at radius 2 is 2.21 bits per heavy atom. The van der Waals surface area contributed by atoms with E-state index in [4.69, 9.17) is 4.74 Å². The number of aromatic carboxylic acids is 1. The standard InChI is InChI=1S/C12H19N3O3S/c1-14-4-3-5-15(7-6-14)12-13-9(8-18-2)10(19-12)11(16)17/h3-8H2,1-2H3,(H,16,17). The third-order valence-electron chi connectivity index (χ3n) is 3.15. The Hall–Kier alpha value is -1.18. The van der Waals surface area contributed by atoms with E-state index in [2.05, 4.69) is 21.8 Å². The average Bonchev–Trinajstić information content (AvgIpc) is 2.66. The van der Waals surface area contributed by atoms with Crippen molar-refractivity contribution >= 4 is 22.4 Å². The summed E-state index contributed by atoms with van der Waals surface area (Å²) >= 11 is 1.24. The fourth-order valence-electron chi connectivity index (χ4n) is 2.11. The molecule has 0 spiro atoms. The van der Waals surface area contributed by atoms with E-state index in [1.54, 1.807) is 7.11 Å². The molecule has 0 aliphatic carbocycles. The first-order chi connectivity index (χ1) is 9.11. The van der Waals surface area contributed by atoms with Crippen LogP contribution in [0.15, 0.2) is 0 Å². The zero-order valence-electron chi connectivity index (χ0n) is 11.3. The molecule has 1 fully saturated rings. The van der Waals surface area contributed by atoms with Crippen LogP contribution in [-0.4, -0.2) is 61.3 Å². The lowest BCUT2D eigenvalue weighted by Crippen LogP contribution is -2.28. The molecule has 1 aliphatic heterocycles. The van der Waals surface area contributed by atoms with Gasteiger partial charge in [0, 0.05) is 26.7 Å². The summed E-state index contributed by atoms with van der Waals surface area (Å²) in [5.74, 6) is -0.928. The first-order valence-electron chi connectivity index (χ1n) is 6.27. The van der Waals surface area contributed by atoms with Gasteiger partial charge in [-0.1, -0.05) is 11.3 Å². The number of hydrogen-bond donors (Lipinski definition) is 1. The van der Waals surface area contributed by atoms with Gasteiger partial charge < -0.3 is 19.6 Å². The van der Waals surface area contributed by atoms with Crippen molar-refractivity contribution in [1.82, 2.24) is 9.88 Å². The minimum atomic E-state index is -0.928. The lowest BCUT2D eigenvalue weighted by molar-refractivity contribution is 0.0697. The van der Waals surface area contributed by atoms with Crippen molar-refractivity contribution in [3.8, 4) is 0 Å². The quantitative estimate of drug-likeness (QED) is 0.894. The number of methoxy groups -OCH3 is 1. The molecular formula is C12H19N3O3S. The molecule has 0 radical (unpaired) electrons. The lowest BCUT2D eigenvalue weighted by Gasteiger charge is -2.19. The molecule has 0 saturated carbocycles. The second-order valence-electron chi connectivity index (χ2n) is 4.65. The van der Waals surface area contributed by atoms with Crippen molar-refractivity contribution in [2.75, 3.05) is 45.2 Å². The molecule has 1 aliphatic rings. The van der Waals surface area contributed by atoms with Crippen LogP contribution in [-0.2, 0) is 11.3 Å². The lowest BCUT2D eigenvalue weighted by atomic mass is 10.4. The summed E-state index contributed by atoms with van der Waals surface area (Å²) in [5, 5.41) is 9.98. The maximum absolute atomic E-state index is 11.2. The number of carboxylic acids is 1. The second-order valence-corrected chi connectivity index (χ2v) is 5.63. The molecule has 2 heterocycles. The summed E-state index contributed by atoms with van der Waals surface area (Å²) < 4.78 is 5.02. The number of anilines is 1. The molecule has 2 rings (SSSR count). The van der Waals surface area contributed by atoms with E-state index in [-0.39, 0.29) is 11.5 Å². The molecule has 1 aromatic heterocycles. The minimum Gasteiger partial charge on any atom is -0.477 e. The molecule has 0 aromatic carbocycles. The zero-order chi connectivity index (χ0) is 13.8. The number of nitrogens with zero attached hydrogens (tertiary/aromatic N) is 3. The molecular weight excluding hydrogens is 266 g/mol. The van der Waals surface area contributed by atoms with Gasteiger partial charge >= 0.3 is 5.97 Å². The molecule has 1 aromatic rings. The van der Waals surface area contributed by atoms with Gasteiger partial charge in [0.2, 0.25) is 0 Å². The van der Waals surface area contributed by atoms with E-state index in [0.29, 0.717) is 5.69 Å². The Labute approximate surface area is 116 Å². The van der Waals surface area contributed by atoms with Gasteiger partial charge in [-0.05, 0) is 20.0 Å². The summed E-state index contributed by atoms with van der Waals surface area (Å²) in [4.78, 5) is 20.4. The summed E-state index contributed by atoms with van der Waals surface area (Å²) in [7, 11) is 3.65. The van der Waals surface area contributed by atoms with Crippen LogP contribution in [0.1, 0.15) is 21.8 Å². The summed E-state index contributed by atoms with van der Waals surface area (Å²) in [6, 6.07) is 0. The topological polar surface area (TPSA) is 65.9 Å². The van der Waals surface area contributed by atoms with E-state index in [1.807, 2.05) is 0 Å². The van der Waals surface area contributed by atoms with Gasteiger partial charge in [0.15, 0.2) is 5.13 Å². The predicted molar refractivity (Wildman–Crippen MR) is 74.1 cm³/mol. The zero-order valence-corrected chi connectivity index (χ0v) is 12.1. The Balaban J connectivity index is 2.19. The highest BCUT2D eigenvalue weighted by molar-refractivity contribution is 7.17. The Morgan fingerprint density at radius 3 is 2.89 bits per heavy atom. The summed E-state index contributed by atoms with van der Waals surface area (Å²) in [5.41, 5.74) is 0.521. The fraction of sp³-hybridized carbons (Fsp3) is 0.667. The second kappa shape index (κ2) is 6.31. The Morgan fingerprint density at radius 1 is 1.42 bits per heavy atom. The number of ether oxygens (including phenoxy) is 1. The van der Waals surface area contributed by atoms with Crippen LogP contribution >= 0.6 is 11.3 Å². The molecule has 0 bridgehead atoms. The van der Waals surface area contributed by atoms with E-state index in [0.717, 1.165) is 37.7 Å². The van der Waals surface area contributed by atoms with E-state index in [9.17, 15) is 9.90 Å². The van der Waals surface area contributed by atoms with Crippen LogP contribution in [0.2, 0.25) is 0 Å². The number of carbonyl (C=O) groups is 1. The van der Waals surface area contributed by atoms with Crippen molar-refractivity contribution in [2.24, 2.45) is 0 Å². The molecule has 0 unspecified atom stereocenters. The number of carboxylic acid groups (broad SMARTS) is 1. The van der Waals surface area contributed by atoms with Gasteiger partial charge in [0.05, 0.1) is 12.3 Å². The highest BCUT2D eigenvalue weighted by Gasteiger charge is 2.21. The van der Waals surface area contributed by atoms with Crippen LogP contribution in [0.5, 0.6) is 0 Å². The summed E-state index contributed by atoms with van der Waals surface area (Å²) in [6.07, 6.45) is 1.07. The summed E-state index contributed by atoms with van der Waals surface area (Å²) in [6.45, 7) is 4.09. The van der Waals surface area contributed by atoms with Crippen LogP contribution in [0.3, 0.4) is 0 Å². The normalized spacial score (nSPS) is 17.5. The third-order valence-corrected chi connectivity index (χ3v) is 4.30. The third kappa shape index (κ3) is 3.43. The molecule has 0 amide bonds. The molecule has 106 valence electrons. The Bertz CT molecular complexity index is 449. The number of hydrogen-bond acceptors (Lipinski definition) is 6. The van der Waals surface area contributed by atoms with Gasteiger partial charge in [-0.15, -0.1) is 0 Å². The van der Waals surface area contributed by atoms with Crippen LogP contribution in [0, 0.1) is 0 Å². The highest BCUT2D eigenvalue weighted by atomic mass is 32.1. The van der Waals surface area contributed by atoms with Crippen LogP contribution < -0.4 is 4.90 Å². The monoisotopic (exact) mass is 285 g/mol.